The lowest BCUT2D eigenvalue weighted by Gasteiger charge is -2.02. The first kappa shape index (κ1) is 15.5. The Kier molecular flexibility index (Phi) is 4.61. The first-order chi connectivity index (χ1) is 11.2. The Balaban J connectivity index is 1.92. The maximum absolute atomic E-state index is 11.5. The number of unbranched alkanes of at least 4 members (excludes halogenated alkanes) is 1. The van der Waals surface area contributed by atoms with Crippen molar-refractivity contribution in [2.75, 3.05) is 0 Å². The molecule has 0 bridgehead atoms. The molecule has 0 unspecified atom stereocenters. The highest BCUT2D eigenvalue weighted by Crippen LogP contribution is 2.25. The van der Waals surface area contributed by atoms with Crippen LogP contribution in [0.25, 0.3) is 11.4 Å². The van der Waals surface area contributed by atoms with E-state index in [1.54, 1.807) is 17.9 Å². The molecule has 120 valence electrons. The number of Topliss-reactive ketones (excluding diaryl/α,β-unsaturated/α-hetero) is 1. The van der Waals surface area contributed by atoms with Crippen LogP contribution in [0.1, 0.15) is 42.2 Å². The molecule has 0 aliphatic rings. The number of hydrogen-bond acceptors (Lipinski definition) is 6. The maximum Gasteiger partial charge on any atom is 0.172 e. The molecule has 0 fully saturated rings. The SMILES string of the molecule is CCCCn1nc(Cn2cncn2)nc1-c1csc(C(C)=O)c1. The van der Waals surface area contributed by atoms with Gasteiger partial charge in [0.25, 0.3) is 0 Å². The number of ketones is 1. The lowest BCUT2D eigenvalue weighted by molar-refractivity contribution is 0.102. The van der Waals surface area contributed by atoms with Crippen LogP contribution in [-0.2, 0) is 13.1 Å². The molecule has 0 amide bonds. The first-order valence-electron chi connectivity index (χ1n) is 7.53. The van der Waals surface area contributed by atoms with Gasteiger partial charge < -0.3 is 0 Å². The monoisotopic (exact) mass is 330 g/mol. The lowest BCUT2D eigenvalue weighted by Crippen LogP contribution is -2.05. The van der Waals surface area contributed by atoms with Gasteiger partial charge in [0.15, 0.2) is 17.4 Å². The minimum atomic E-state index is 0.0729. The largest absolute Gasteiger partial charge is 0.294 e. The van der Waals surface area contributed by atoms with Crippen molar-refractivity contribution in [3.05, 3.63) is 34.8 Å². The third kappa shape index (κ3) is 3.53. The summed E-state index contributed by atoms with van der Waals surface area (Å²) in [4.78, 5) is 20.8. The van der Waals surface area contributed by atoms with E-state index in [-0.39, 0.29) is 5.78 Å². The van der Waals surface area contributed by atoms with E-state index in [0.717, 1.165) is 35.7 Å². The Hall–Kier alpha value is -2.35. The summed E-state index contributed by atoms with van der Waals surface area (Å²) >= 11 is 1.44. The van der Waals surface area contributed by atoms with Gasteiger partial charge in [-0.2, -0.15) is 10.2 Å². The van der Waals surface area contributed by atoms with Gasteiger partial charge in [-0.15, -0.1) is 11.3 Å². The molecule has 23 heavy (non-hydrogen) atoms. The molecule has 3 heterocycles. The summed E-state index contributed by atoms with van der Waals surface area (Å²) in [6.45, 7) is 5.01. The average molecular weight is 330 g/mol. The van der Waals surface area contributed by atoms with Gasteiger partial charge in [-0.05, 0) is 19.4 Å². The fraction of sp³-hybridized carbons (Fsp3) is 0.400. The molecule has 0 aliphatic carbocycles. The van der Waals surface area contributed by atoms with Crippen molar-refractivity contribution in [3.63, 3.8) is 0 Å². The molecule has 8 heteroatoms. The van der Waals surface area contributed by atoms with Gasteiger partial charge in [-0.25, -0.2) is 19.3 Å². The van der Waals surface area contributed by atoms with Crippen molar-refractivity contribution in [2.45, 2.75) is 39.8 Å². The summed E-state index contributed by atoms with van der Waals surface area (Å²) in [5.74, 6) is 1.57. The molecule has 0 saturated carbocycles. The van der Waals surface area contributed by atoms with Crippen LogP contribution in [0.5, 0.6) is 0 Å². The maximum atomic E-state index is 11.5. The van der Waals surface area contributed by atoms with E-state index in [1.165, 1.54) is 17.7 Å². The van der Waals surface area contributed by atoms with Crippen LogP contribution >= 0.6 is 11.3 Å². The van der Waals surface area contributed by atoms with Crippen LogP contribution in [-0.4, -0.2) is 35.3 Å². The van der Waals surface area contributed by atoms with Gasteiger partial charge in [0, 0.05) is 17.5 Å². The van der Waals surface area contributed by atoms with Crippen LogP contribution < -0.4 is 0 Å². The van der Waals surface area contributed by atoms with Gasteiger partial charge in [0.2, 0.25) is 0 Å². The number of carbonyl (C=O) groups excluding carboxylic acids is 1. The van der Waals surface area contributed by atoms with E-state index >= 15 is 0 Å². The van der Waals surface area contributed by atoms with Crippen molar-refractivity contribution in [1.29, 1.82) is 0 Å². The molecular weight excluding hydrogens is 312 g/mol. The summed E-state index contributed by atoms with van der Waals surface area (Å²) in [6.07, 6.45) is 5.25. The normalized spacial score (nSPS) is 11.0. The Morgan fingerprint density at radius 3 is 2.91 bits per heavy atom. The number of nitrogens with zero attached hydrogens (tertiary/aromatic N) is 6. The molecule has 0 atom stereocenters. The molecule has 0 radical (unpaired) electrons. The Labute approximate surface area is 138 Å². The van der Waals surface area contributed by atoms with Crippen LogP contribution in [0.15, 0.2) is 24.1 Å². The predicted molar refractivity (Wildman–Crippen MR) is 87.4 cm³/mol. The smallest absolute Gasteiger partial charge is 0.172 e. The van der Waals surface area contributed by atoms with Crippen LogP contribution in [0.4, 0.5) is 0 Å². The average Bonchev–Trinajstić information content (AvgIpc) is 3.25. The van der Waals surface area contributed by atoms with Gasteiger partial charge in [-0.3, -0.25) is 4.79 Å². The summed E-state index contributed by atoms with van der Waals surface area (Å²) in [5, 5.41) is 10.6. The molecule has 3 aromatic rings. The summed E-state index contributed by atoms with van der Waals surface area (Å²) < 4.78 is 3.61. The second kappa shape index (κ2) is 6.82. The van der Waals surface area contributed by atoms with Crippen LogP contribution in [0.3, 0.4) is 0 Å². The Morgan fingerprint density at radius 2 is 2.26 bits per heavy atom. The fourth-order valence-electron chi connectivity index (χ4n) is 2.23. The molecule has 0 aliphatic heterocycles. The lowest BCUT2D eigenvalue weighted by atomic mass is 10.2. The quantitative estimate of drug-likeness (QED) is 0.622. The summed E-state index contributed by atoms with van der Waals surface area (Å²) in [5.41, 5.74) is 0.939. The number of aromatic nitrogens is 6. The van der Waals surface area contributed by atoms with E-state index in [2.05, 4.69) is 27.1 Å². The van der Waals surface area contributed by atoms with E-state index < -0.39 is 0 Å². The van der Waals surface area contributed by atoms with Crippen molar-refractivity contribution in [1.82, 2.24) is 29.5 Å². The minimum Gasteiger partial charge on any atom is -0.294 e. The number of thiophene rings is 1. The number of hydrogen-bond donors (Lipinski definition) is 0. The third-order valence-corrected chi connectivity index (χ3v) is 4.44. The van der Waals surface area contributed by atoms with E-state index in [0.29, 0.717) is 12.4 Å². The zero-order valence-electron chi connectivity index (χ0n) is 13.1. The molecule has 7 nitrogen and oxygen atoms in total. The zero-order valence-corrected chi connectivity index (χ0v) is 14.0. The van der Waals surface area contributed by atoms with Crippen LogP contribution in [0, 0.1) is 0 Å². The van der Waals surface area contributed by atoms with Gasteiger partial charge in [0.1, 0.15) is 19.2 Å². The topological polar surface area (TPSA) is 78.5 Å². The molecular formula is C15H18N6OS. The standard InChI is InChI=1S/C15H18N6OS/c1-3-4-5-21-15(12-6-13(11(2)22)23-8-12)18-14(19-21)7-20-10-16-9-17-20/h6,8-10H,3-5,7H2,1-2H3. The highest BCUT2D eigenvalue weighted by atomic mass is 32.1. The minimum absolute atomic E-state index is 0.0729. The summed E-state index contributed by atoms with van der Waals surface area (Å²) in [6, 6.07) is 1.89. The van der Waals surface area contributed by atoms with E-state index in [1.807, 2.05) is 16.1 Å². The molecule has 0 aromatic carbocycles. The second-order valence-corrected chi connectivity index (χ2v) is 6.19. The number of carbonyl (C=O) groups is 1. The number of aryl methyl sites for hydroxylation is 1. The molecule has 0 saturated heterocycles. The highest BCUT2D eigenvalue weighted by Gasteiger charge is 2.15. The second-order valence-electron chi connectivity index (χ2n) is 5.28. The third-order valence-electron chi connectivity index (χ3n) is 3.41. The van der Waals surface area contributed by atoms with Gasteiger partial charge in [0.05, 0.1) is 4.88 Å². The molecule has 3 aromatic heterocycles. The molecule has 3 rings (SSSR count). The summed E-state index contributed by atoms with van der Waals surface area (Å²) in [7, 11) is 0. The Morgan fingerprint density at radius 1 is 1.39 bits per heavy atom. The van der Waals surface area contributed by atoms with Gasteiger partial charge in [-0.1, -0.05) is 13.3 Å². The number of rotatable bonds is 7. The van der Waals surface area contributed by atoms with E-state index in [9.17, 15) is 4.79 Å². The van der Waals surface area contributed by atoms with Crippen LogP contribution in [0.2, 0.25) is 0 Å². The zero-order chi connectivity index (χ0) is 16.2. The molecule has 0 N–H and O–H groups in total. The van der Waals surface area contributed by atoms with E-state index in [4.69, 9.17) is 0 Å². The van der Waals surface area contributed by atoms with Crippen molar-refractivity contribution >= 4 is 17.1 Å². The first-order valence-corrected chi connectivity index (χ1v) is 8.41. The Bertz CT molecular complexity index is 789. The highest BCUT2D eigenvalue weighted by molar-refractivity contribution is 7.12. The predicted octanol–water partition coefficient (Wildman–Crippen LogP) is 2.65. The van der Waals surface area contributed by atoms with Crippen molar-refractivity contribution in [2.24, 2.45) is 0 Å². The van der Waals surface area contributed by atoms with Gasteiger partial charge >= 0.3 is 0 Å². The molecule has 0 spiro atoms. The fourth-order valence-corrected chi connectivity index (χ4v) is 3.02. The van der Waals surface area contributed by atoms with Crippen molar-refractivity contribution in [3.8, 4) is 11.4 Å². The van der Waals surface area contributed by atoms with Crippen molar-refractivity contribution < 1.29 is 4.79 Å².